The van der Waals surface area contributed by atoms with Gasteiger partial charge in [0.1, 0.15) is 17.2 Å². The summed E-state index contributed by atoms with van der Waals surface area (Å²) < 4.78 is 6.88. The van der Waals surface area contributed by atoms with Gasteiger partial charge in [-0.15, -0.1) is 11.3 Å². The van der Waals surface area contributed by atoms with Gasteiger partial charge < -0.3 is 14.9 Å². The fraction of sp³-hybridized carbons (Fsp3) is 0.444. The number of aryl methyl sites for hydroxylation is 2. The van der Waals surface area contributed by atoms with Crippen LogP contribution in [0.2, 0.25) is 0 Å². The predicted molar refractivity (Wildman–Crippen MR) is 132 cm³/mol. The maximum atomic E-state index is 11.3. The zero-order valence-corrected chi connectivity index (χ0v) is 20.5. The summed E-state index contributed by atoms with van der Waals surface area (Å²) in [5, 5.41) is 20.5. The Kier molecular flexibility index (Phi) is 7.63. The first-order chi connectivity index (χ1) is 15.1. The molecule has 1 aromatic heterocycles. The lowest BCUT2D eigenvalue weighted by atomic mass is 9.89. The van der Waals surface area contributed by atoms with Crippen molar-refractivity contribution in [2.45, 2.75) is 65.9 Å². The van der Waals surface area contributed by atoms with E-state index in [0.717, 1.165) is 40.7 Å². The van der Waals surface area contributed by atoms with Crippen LogP contribution in [0.5, 0.6) is 5.75 Å². The van der Waals surface area contributed by atoms with Crippen molar-refractivity contribution >= 4 is 27.4 Å². The molecule has 2 N–H and O–H groups in total. The average molecular weight is 455 g/mol. The number of carbonyl (C=O) groups is 1. The van der Waals surface area contributed by atoms with Crippen molar-refractivity contribution in [2.24, 2.45) is 5.41 Å². The number of fused-ring (bicyclic) bond motifs is 1. The number of aromatic carboxylic acids is 1. The molecule has 0 amide bonds. The lowest BCUT2D eigenvalue weighted by Crippen LogP contribution is -2.32. The maximum absolute atomic E-state index is 11.3. The summed E-state index contributed by atoms with van der Waals surface area (Å²) in [6.45, 7) is 10.5. The van der Waals surface area contributed by atoms with Crippen molar-refractivity contribution in [1.29, 1.82) is 0 Å². The van der Waals surface area contributed by atoms with Crippen LogP contribution in [-0.4, -0.2) is 28.9 Å². The second-order valence-corrected chi connectivity index (χ2v) is 10.7. The van der Waals surface area contributed by atoms with Gasteiger partial charge in [-0.3, -0.25) is 0 Å². The van der Waals surface area contributed by atoms with Gasteiger partial charge in [-0.25, -0.2) is 4.79 Å². The van der Waals surface area contributed by atoms with E-state index in [9.17, 15) is 15.0 Å². The van der Waals surface area contributed by atoms with Crippen molar-refractivity contribution in [2.75, 3.05) is 6.61 Å². The molecule has 0 bridgehead atoms. The highest BCUT2D eigenvalue weighted by Crippen LogP contribution is 2.32. The first kappa shape index (κ1) is 24.3. The van der Waals surface area contributed by atoms with Crippen molar-refractivity contribution in [3.8, 4) is 5.75 Å². The van der Waals surface area contributed by atoms with Crippen LogP contribution in [0.15, 0.2) is 42.5 Å². The fourth-order valence-corrected chi connectivity index (χ4v) is 4.70. The number of aliphatic hydroxyl groups is 1. The molecule has 3 aromatic rings. The Morgan fingerprint density at radius 3 is 2.50 bits per heavy atom. The highest BCUT2D eigenvalue weighted by Gasteiger charge is 2.23. The number of ether oxygens (including phenoxy) is 1. The van der Waals surface area contributed by atoms with Crippen molar-refractivity contribution in [3.05, 3.63) is 64.0 Å². The van der Waals surface area contributed by atoms with Crippen LogP contribution in [0.25, 0.3) is 10.1 Å². The van der Waals surface area contributed by atoms with Gasteiger partial charge in [0.25, 0.3) is 0 Å². The molecule has 0 aliphatic carbocycles. The largest absolute Gasteiger partial charge is 0.491 e. The third kappa shape index (κ3) is 5.90. The molecule has 0 radical (unpaired) electrons. The number of benzene rings is 2. The molecule has 2 unspecified atom stereocenters. The van der Waals surface area contributed by atoms with Gasteiger partial charge in [0.05, 0.1) is 6.10 Å². The Bertz CT molecular complexity index is 1080. The van der Waals surface area contributed by atoms with E-state index in [1.807, 2.05) is 39.8 Å². The van der Waals surface area contributed by atoms with E-state index in [1.165, 1.54) is 22.5 Å². The van der Waals surface area contributed by atoms with Crippen molar-refractivity contribution in [1.82, 2.24) is 0 Å². The fourth-order valence-electron chi connectivity index (χ4n) is 3.82. The quantitative estimate of drug-likeness (QED) is 0.372. The molecular weight excluding hydrogens is 420 g/mol. The summed E-state index contributed by atoms with van der Waals surface area (Å²) in [5.41, 5.74) is 3.42. The van der Waals surface area contributed by atoms with Gasteiger partial charge in [0.2, 0.25) is 0 Å². The first-order valence-electron chi connectivity index (χ1n) is 11.3. The van der Waals surface area contributed by atoms with Crippen LogP contribution in [-0.2, 0) is 6.42 Å². The topological polar surface area (TPSA) is 66.8 Å². The summed E-state index contributed by atoms with van der Waals surface area (Å²) in [6, 6.07) is 14.4. The number of hydrogen-bond donors (Lipinski definition) is 2. The van der Waals surface area contributed by atoms with Crippen molar-refractivity contribution in [3.63, 3.8) is 0 Å². The standard InChI is InChI=1S/C27H34O4S/c1-6-19(20-10-12-23-21(14-20)15-24(32-23)26(29)30)9-7-18-8-11-22(17(2)13-18)31-16-25(28)27(3,4)5/h8,10-15,19,25,28H,6-7,9,16H2,1-5H3,(H,29,30). The SMILES string of the molecule is CCC(CCc1ccc(OCC(O)C(C)(C)C)c(C)c1)c1ccc2sc(C(=O)O)cc2c1. The Balaban J connectivity index is 1.65. The number of thiophene rings is 1. The summed E-state index contributed by atoms with van der Waals surface area (Å²) in [7, 11) is 0. The summed E-state index contributed by atoms with van der Waals surface area (Å²) >= 11 is 1.33. The lowest BCUT2D eigenvalue weighted by molar-refractivity contribution is 0.0216. The molecule has 5 heteroatoms. The van der Waals surface area contributed by atoms with Gasteiger partial charge in [0, 0.05) is 4.70 Å². The number of hydrogen-bond acceptors (Lipinski definition) is 4. The Morgan fingerprint density at radius 2 is 1.88 bits per heavy atom. The molecule has 3 rings (SSSR count). The smallest absolute Gasteiger partial charge is 0.345 e. The zero-order valence-electron chi connectivity index (χ0n) is 19.6. The predicted octanol–water partition coefficient (Wildman–Crippen LogP) is 6.82. The van der Waals surface area contributed by atoms with E-state index >= 15 is 0 Å². The van der Waals surface area contributed by atoms with Crippen LogP contribution in [0, 0.1) is 12.3 Å². The normalized spacial score (nSPS) is 13.8. The molecule has 0 saturated heterocycles. The maximum Gasteiger partial charge on any atom is 0.345 e. The van der Waals surface area contributed by atoms with E-state index in [2.05, 4.69) is 31.2 Å². The first-order valence-corrected chi connectivity index (χ1v) is 12.1. The molecule has 2 atom stereocenters. The molecule has 32 heavy (non-hydrogen) atoms. The van der Waals surface area contributed by atoms with E-state index in [1.54, 1.807) is 6.07 Å². The minimum Gasteiger partial charge on any atom is -0.491 e. The second kappa shape index (κ2) is 10.1. The van der Waals surface area contributed by atoms with Gasteiger partial charge in [-0.05, 0) is 77.8 Å². The van der Waals surface area contributed by atoms with E-state index in [-0.39, 0.29) is 12.0 Å². The van der Waals surface area contributed by atoms with Gasteiger partial charge in [-0.1, -0.05) is 52.0 Å². The second-order valence-electron chi connectivity index (χ2n) is 9.65. The minimum absolute atomic E-state index is 0.204. The highest BCUT2D eigenvalue weighted by molar-refractivity contribution is 7.20. The summed E-state index contributed by atoms with van der Waals surface area (Å²) in [6.07, 6.45) is 2.51. The van der Waals surface area contributed by atoms with Crippen molar-refractivity contribution < 1.29 is 19.7 Å². The summed E-state index contributed by atoms with van der Waals surface area (Å²) in [5.74, 6) is 0.377. The minimum atomic E-state index is -0.865. The molecule has 4 nitrogen and oxygen atoms in total. The number of aliphatic hydroxyl groups excluding tert-OH is 1. The zero-order chi connectivity index (χ0) is 23.5. The van der Waals surface area contributed by atoms with Crippen LogP contribution in [0.3, 0.4) is 0 Å². The lowest BCUT2D eigenvalue weighted by Gasteiger charge is -2.26. The van der Waals surface area contributed by atoms with Gasteiger partial charge in [-0.2, -0.15) is 0 Å². The molecule has 2 aromatic carbocycles. The monoisotopic (exact) mass is 454 g/mol. The van der Waals surface area contributed by atoms with E-state index < -0.39 is 12.1 Å². The molecule has 0 spiro atoms. The summed E-state index contributed by atoms with van der Waals surface area (Å²) in [4.78, 5) is 11.7. The van der Waals surface area contributed by atoms with Gasteiger partial charge >= 0.3 is 5.97 Å². The molecular formula is C27H34O4S. The Labute approximate surface area is 194 Å². The molecule has 0 aliphatic heterocycles. The molecule has 0 aliphatic rings. The number of rotatable bonds is 9. The number of carboxylic acid groups (broad SMARTS) is 1. The average Bonchev–Trinajstić information content (AvgIpc) is 3.16. The van der Waals surface area contributed by atoms with Gasteiger partial charge in [0.15, 0.2) is 0 Å². The van der Waals surface area contributed by atoms with Crippen LogP contribution in [0.1, 0.15) is 72.8 Å². The highest BCUT2D eigenvalue weighted by atomic mass is 32.1. The molecule has 0 fully saturated rings. The van der Waals surface area contributed by atoms with E-state index in [4.69, 9.17) is 4.74 Å². The van der Waals surface area contributed by atoms with Crippen LogP contribution in [0.4, 0.5) is 0 Å². The van der Waals surface area contributed by atoms with E-state index in [0.29, 0.717) is 10.8 Å². The third-order valence-electron chi connectivity index (χ3n) is 6.13. The number of carboxylic acids is 1. The molecule has 1 heterocycles. The third-order valence-corrected chi connectivity index (χ3v) is 7.24. The molecule has 172 valence electrons. The Hall–Kier alpha value is -2.37. The van der Waals surface area contributed by atoms with Crippen LogP contribution < -0.4 is 4.74 Å². The molecule has 0 saturated carbocycles. The Morgan fingerprint density at radius 1 is 1.12 bits per heavy atom. The van der Waals surface area contributed by atoms with Crippen LogP contribution >= 0.6 is 11.3 Å².